The second-order valence-corrected chi connectivity index (χ2v) is 7.60. The Kier molecular flexibility index (Phi) is 4.32. The molecule has 1 aliphatic heterocycles. The normalized spacial score (nSPS) is 16.8. The highest BCUT2D eigenvalue weighted by Gasteiger charge is 2.34. The molecule has 2 aromatic rings. The third kappa shape index (κ3) is 2.78. The third-order valence-electron chi connectivity index (χ3n) is 4.13. The number of para-hydroxylation sites is 1. The predicted octanol–water partition coefficient (Wildman–Crippen LogP) is 3.18. The standard InChI is InChI=1S/C18H19NO4S/c1-3-23-18(20)14-8-10-15(11-9-14)24(21,22)19-12-13(2)16-6-4-5-7-17(16)19/h4-11,13H,3,12H2,1-2H3. The molecule has 0 amide bonds. The summed E-state index contributed by atoms with van der Waals surface area (Å²) in [5.41, 5.74) is 2.09. The number of nitrogens with zero attached hydrogens (tertiary/aromatic N) is 1. The quantitative estimate of drug-likeness (QED) is 0.799. The topological polar surface area (TPSA) is 63.7 Å². The van der Waals surface area contributed by atoms with Crippen LogP contribution in [0.5, 0.6) is 0 Å². The number of carbonyl (C=O) groups excluding carboxylic acids is 1. The minimum Gasteiger partial charge on any atom is -0.462 e. The van der Waals surface area contributed by atoms with Crippen molar-refractivity contribution in [1.29, 1.82) is 0 Å². The van der Waals surface area contributed by atoms with Crippen LogP contribution in [-0.4, -0.2) is 27.5 Å². The van der Waals surface area contributed by atoms with Gasteiger partial charge in [0, 0.05) is 12.5 Å². The summed E-state index contributed by atoms with van der Waals surface area (Å²) in [6, 6.07) is 13.4. The van der Waals surface area contributed by atoms with Gasteiger partial charge in [-0.15, -0.1) is 0 Å². The van der Waals surface area contributed by atoms with Gasteiger partial charge in [-0.25, -0.2) is 13.2 Å². The van der Waals surface area contributed by atoms with Gasteiger partial charge in [-0.05, 0) is 42.8 Å². The summed E-state index contributed by atoms with van der Waals surface area (Å²) in [6.45, 7) is 4.43. The van der Waals surface area contributed by atoms with Gasteiger partial charge < -0.3 is 4.74 Å². The number of hydrogen-bond donors (Lipinski definition) is 0. The van der Waals surface area contributed by atoms with E-state index in [-0.39, 0.29) is 17.4 Å². The fourth-order valence-electron chi connectivity index (χ4n) is 2.91. The van der Waals surface area contributed by atoms with Gasteiger partial charge in [0.25, 0.3) is 10.0 Å². The highest BCUT2D eigenvalue weighted by molar-refractivity contribution is 7.92. The number of benzene rings is 2. The van der Waals surface area contributed by atoms with E-state index in [1.807, 2.05) is 31.2 Å². The van der Waals surface area contributed by atoms with Crippen molar-refractivity contribution in [3.05, 3.63) is 59.7 Å². The molecule has 126 valence electrons. The zero-order valence-corrected chi connectivity index (χ0v) is 14.4. The molecule has 0 fully saturated rings. The summed E-state index contributed by atoms with van der Waals surface area (Å²) in [7, 11) is -3.66. The lowest BCUT2D eigenvalue weighted by molar-refractivity contribution is 0.0526. The highest BCUT2D eigenvalue weighted by Crippen LogP contribution is 2.39. The van der Waals surface area contributed by atoms with Crippen LogP contribution in [0.25, 0.3) is 0 Å². The molecule has 6 heteroatoms. The van der Waals surface area contributed by atoms with Crippen molar-refractivity contribution in [2.45, 2.75) is 24.7 Å². The van der Waals surface area contributed by atoms with Crippen LogP contribution < -0.4 is 4.31 Å². The molecule has 1 aliphatic rings. The van der Waals surface area contributed by atoms with E-state index in [1.165, 1.54) is 28.6 Å². The number of ether oxygens (including phenoxy) is 1. The molecule has 0 bridgehead atoms. The fraction of sp³-hybridized carbons (Fsp3) is 0.278. The molecule has 0 spiro atoms. The molecule has 0 aromatic heterocycles. The van der Waals surface area contributed by atoms with Gasteiger partial charge in [-0.2, -0.15) is 0 Å². The minimum atomic E-state index is -3.66. The molecule has 0 radical (unpaired) electrons. The van der Waals surface area contributed by atoms with Crippen LogP contribution in [0.4, 0.5) is 5.69 Å². The maximum Gasteiger partial charge on any atom is 0.338 e. The lowest BCUT2D eigenvalue weighted by Crippen LogP contribution is -2.29. The first-order valence-electron chi connectivity index (χ1n) is 7.84. The molecule has 5 nitrogen and oxygen atoms in total. The average molecular weight is 345 g/mol. The summed E-state index contributed by atoms with van der Waals surface area (Å²) >= 11 is 0. The molecule has 0 N–H and O–H groups in total. The summed E-state index contributed by atoms with van der Waals surface area (Å²) in [5.74, 6) is -0.309. The van der Waals surface area contributed by atoms with Crippen molar-refractivity contribution >= 4 is 21.7 Å². The third-order valence-corrected chi connectivity index (χ3v) is 5.92. The fourth-order valence-corrected chi connectivity index (χ4v) is 4.49. The van der Waals surface area contributed by atoms with E-state index in [9.17, 15) is 13.2 Å². The average Bonchev–Trinajstić information content (AvgIpc) is 2.93. The number of rotatable bonds is 4. The van der Waals surface area contributed by atoms with Crippen LogP contribution in [0.15, 0.2) is 53.4 Å². The van der Waals surface area contributed by atoms with Crippen LogP contribution >= 0.6 is 0 Å². The van der Waals surface area contributed by atoms with Crippen molar-refractivity contribution in [1.82, 2.24) is 0 Å². The lowest BCUT2D eigenvalue weighted by Gasteiger charge is -2.20. The highest BCUT2D eigenvalue weighted by atomic mass is 32.2. The maximum atomic E-state index is 13.0. The second-order valence-electron chi connectivity index (χ2n) is 5.74. The van der Waals surface area contributed by atoms with E-state index in [1.54, 1.807) is 6.92 Å². The zero-order valence-electron chi connectivity index (χ0n) is 13.6. The van der Waals surface area contributed by atoms with Crippen molar-refractivity contribution < 1.29 is 17.9 Å². The molecular weight excluding hydrogens is 326 g/mol. The first-order valence-corrected chi connectivity index (χ1v) is 9.28. The van der Waals surface area contributed by atoms with Gasteiger partial charge in [0.1, 0.15) is 0 Å². The molecule has 2 aromatic carbocycles. The van der Waals surface area contributed by atoms with Crippen LogP contribution in [-0.2, 0) is 14.8 Å². The number of sulfonamides is 1. The largest absolute Gasteiger partial charge is 0.462 e. The summed E-state index contributed by atoms with van der Waals surface area (Å²) in [5, 5.41) is 0. The molecule has 1 heterocycles. The van der Waals surface area contributed by atoms with Gasteiger partial charge in [0.05, 0.1) is 22.8 Å². The Hall–Kier alpha value is -2.34. The number of fused-ring (bicyclic) bond motifs is 1. The Bertz CT molecular complexity index is 859. The van der Waals surface area contributed by atoms with Gasteiger partial charge in [0.15, 0.2) is 0 Å². The van der Waals surface area contributed by atoms with Crippen molar-refractivity contribution in [3.8, 4) is 0 Å². The van der Waals surface area contributed by atoms with Crippen molar-refractivity contribution in [2.75, 3.05) is 17.5 Å². The first kappa shape index (κ1) is 16.5. The number of carbonyl (C=O) groups is 1. The van der Waals surface area contributed by atoms with Gasteiger partial charge in [0.2, 0.25) is 0 Å². The smallest absolute Gasteiger partial charge is 0.338 e. The predicted molar refractivity (Wildman–Crippen MR) is 91.8 cm³/mol. The lowest BCUT2D eigenvalue weighted by atomic mass is 10.0. The Labute approximate surface area is 141 Å². The molecule has 0 saturated carbocycles. The second kappa shape index (κ2) is 6.28. The first-order chi connectivity index (χ1) is 11.4. The zero-order chi connectivity index (χ0) is 17.3. The van der Waals surface area contributed by atoms with Crippen molar-refractivity contribution in [2.24, 2.45) is 0 Å². The Morgan fingerprint density at radius 3 is 2.50 bits per heavy atom. The van der Waals surface area contributed by atoms with Crippen LogP contribution in [0, 0.1) is 0 Å². The van der Waals surface area contributed by atoms with Crippen LogP contribution in [0.1, 0.15) is 35.7 Å². The van der Waals surface area contributed by atoms with E-state index in [0.29, 0.717) is 12.1 Å². The van der Waals surface area contributed by atoms with E-state index >= 15 is 0 Å². The molecule has 0 aliphatic carbocycles. The number of esters is 1. The van der Waals surface area contributed by atoms with Gasteiger partial charge in [-0.1, -0.05) is 25.1 Å². The van der Waals surface area contributed by atoms with Gasteiger partial charge >= 0.3 is 5.97 Å². The molecular formula is C18H19NO4S. The van der Waals surface area contributed by atoms with Crippen molar-refractivity contribution in [3.63, 3.8) is 0 Å². The van der Waals surface area contributed by atoms with Crippen LogP contribution in [0.3, 0.4) is 0 Å². The van der Waals surface area contributed by atoms with Gasteiger partial charge in [-0.3, -0.25) is 4.31 Å². The summed E-state index contributed by atoms with van der Waals surface area (Å²) < 4.78 is 32.3. The van der Waals surface area contributed by atoms with E-state index in [2.05, 4.69) is 0 Å². The maximum absolute atomic E-state index is 13.0. The van der Waals surface area contributed by atoms with E-state index in [4.69, 9.17) is 4.74 Å². The number of hydrogen-bond acceptors (Lipinski definition) is 4. The Morgan fingerprint density at radius 1 is 1.17 bits per heavy atom. The molecule has 24 heavy (non-hydrogen) atoms. The molecule has 3 rings (SSSR count). The molecule has 1 atom stereocenters. The Morgan fingerprint density at radius 2 is 1.83 bits per heavy atom. The monoisotopic (exact) mass is 345 g/mol. The Balaban J connectivity index is 1.93. The number of anilines is 1. The van der Waals surface area contributed by atoms with E-state index in [0.717, 1.165) is 11.3 Å². The SMILES string of the molecule is CCOC(=O)c1ccc(S(=O)(=O)N2CC(C)c3ccccc32)cc1. The van der Waals surface area contributed by atoms with E-state index < -0.39 is 16.0 Å². The summed E-state index contributed by atoms with van der Waals surface area (Å²) in [4.78, 5) is 11.9. The minimum absolute atomic E-state index is 0.148. The molecule has 1 unspecified atom stereocenters. The summed E-state index contributed by atoms with van der Waals surface area (Å²) in [6.07, 6.45) is 0. The van der Waals surface area contributed by atoms with Crippen LogP contribution in [0.2, 0.25) is 0 Å². The molecule has 0 saturated heterocycles.